The van der Waals surface area contributed by atoms with E-state index in [-0.39, 0.29) is 24.9 Å². The fourth-order valence-corrected chi connectivity index (χ4v) is 3.34. The van der Waals surface area contributed by atoms with Crippen LogP contribution in [0.4, 0.5) is 0 Å². The zero-order valence-corrected chi connectivity index (χ0v) is 16.7. The summed E-state index contributed by atoms with van der Waals surface area (Å²) < 4.78 is 11.8. The fraction of sp³-hybridized carbons (Fsp3) is 0.286. The van der Waals surface area contributed by atoms with Crippen molar-refractivity contribution in [1.82, 2.24) is 10.2 Å². The highest BCUT2D eigenvalue weighted by Crippen LogP contribution is 2.28. The minimum Gasteiger partial charge on any atom is -0.497 e. The molecule has 0 aliphatic heterocycles. The highest BCUT2D eigenvalue weighted by Gasteiger charge is 2.36. The van der Waals surface area contributed by atoms with Crippen molar-refractivity contribution in [2.24, 2.45) is 0 Å². The molecule has 1 aliphatic rings. The summed E-state index contributed by atoms with van der Waals surface area (Å²) in [6.45, 7) is 0.176. The van der Waals surface area contributed by atoms with E-state index in [2.05, 4.69) is 5.27 Å². The molecule has 29 heavy (non-hydrogen) atoms. The van der Waals surface area contributed by atoms with E-state index in [0.717, 1.165) is 18.4 Å². The molecule has 0 radical (unpaired) electrons. The van der Waals surface area contributed by atoms with Crippen molar-refractivity contribution in [1.29, 1.82) is 0 Å². The number of hydrogen-bond donors (Lipinski definition) is 1. The molecule has 1 heterocycles. The maximum atomic E-state index is 13.0. The molecule has 1 saturated carbocycles. The van der Waals surface area contributed by atoms with Crippen LogP contribution in [0.25, 0.3) is 5.69 Å². The molecule has 1 aliphatic carbocycles. The van der Waals surface area contributed by atoms with Gasteiger partial charge in [0.25, 0.3) is 0 Å². The van der Waals surface area contributed by atoms with Gasteiger partial charge >= 0.3 is 11.3 Å². The Kier molecular flexibility index (Phi) is 5.40. The van der Waals surface area contributed by atoms with E-state index in [4.69, 9.17) is 20.9 Å². The number of carbonyl (C=O) groups is 1. The Morgan fingerprint density at radius 1 is 1.21 bits per heavy atom. The van der Waals surface area contributed by atoms with Crippen LogP contribution in [-0.4, -0.2) is 29.2 Å². The topological polar surface area (TPSA) is 79.4 Å². The van der Waals surface area contributed by atoms with Gasteiger partial charge in [0.05, 0.1) is 13.5 Å². The monoisotopic (exact) mass is 414 g/mol. The molecular formula is C21H21ClN3O4+. The first kappa shape index (κ1) is 19.3. The second-order valence-corrected chi connectivity index (χ2v) is 7.45. The number of hydrogen-bond acceptors (Lipinski definition) is 4. The summed E-state index contributed by atoms with van der Waals surface area (Å²) in [5.41, 5.74) is 1.47. The second kappa shape index (κ2) is 8.13. The predicted molar refractivity (Wildman–Crippen MR) is 106 cm³/mol. The number of aromatic nitrogens is 2. The van der Waals surface area contributed by atoms with Crippen LogP contribution in [0.5, 0.6) is 5.75 Å². The van der Waals surface area contributed by atoms with Gasteiger partial charge in [-0.1, -0.05) is 23.7 Å². The third kappa shape index (κ3) is 4.35. The van der Waals surface area contributed by atoms with Crippen LogP contribution < -0.4 is 15.0 Å². The first-order valence-corrected chi connectivity index (χ1v) is 9.73. The van der Waals surface area contributed by atoms with E-state index in [1.54, 1.807) is 41.0 Å². The number of nitrogens with zero attached hydrogens (tertiary/aromatic N) is 2. The van der Waals surface area contributed by atoms with Gasteiger partial charge in [0.15, 0.2) is 0 Å². The normalized spacial score (nSPS) is 13.3. The summed E-state index contributed by atoms with van der Waals surface area (Å²) in [5.74, 6) is 0.677. The third-order valence-electron chi connectivity index (χ3n) is 4.96. The van der Waals surface area contributed by atoms with Crippen LogP contribution in [0, 0.1) is 0 Å². The number of carbonyl (C=O) groups excluding carboxylic acids is 1. The molecular weight excluding hydrogens is 394 g/mol. The molecule has 0 bridgehead atoms. The molecule has 4 rings (SSSR count). The van der Waals surface area contributed by atoms with Crippen molar-refractivity contribution < 1.29 is 18.7 Å². The van der Waals surface area contributed by atoms with Crippen molar-refractivity contribution in [3.05, 3.63) is 75.2 Å². The van der Waals surface area contributed by atoms with E-state index < -0.39 is 5.63 Å². The maximum Gasteiger partial charge on any atom is 0.432 e. The summed E-state index contributed by atoms with van der Waals surface area (Å²) in [4.78, 5) is 27.1. The lowest BCUT2D eigenvalue weighted by molar-refractivity contribution is -0.678. The van der Waals surface area contributed by atoms with Gasteiger partial charge in [-0.05, 0) is 52.6 Å². The number of H-pyrrole nitrogens is 1. The lowest BCUT2D eigenvalue weighted by Gasteiger charge is -2.20. The van der Waals surface area contributed by atoms with Gasteiger partial charge in [-0.2, -0.15) is 0 Å². The summed E-state index contributed by atoms with van der Waals surface area (Å²) >= 11 is 5.92. The van der Waals surface area contributed by atoms with Gasteiger partial charge < -0.3 is 9.64 Å². The molecule has 150 valence electrons. The Hall–Kier alpha value is -3.06. The quantitative estimate of drug-likeness (QED) is 0.603. The van der Waals surface area contributed by atoms with Gasteiger partial charge in [-0.25, -0.2) is 4.79 Å². The number of halogens is 1. The largest absolute Gasteiger partial charge is 0.497 e. The van der Waals surface area contributed by atoms with E-state index in [9.17, 15) is 9.59 Å². The van der Waals surface area contributed by atoms with Crippen LogP contribution >= 0.6 is 11.6 Å². The Labute approximate surface area is 172 Å². The molecule has 1 amide bonds. The van der Waals surface area contributed by atoms with E-state index >= 15 is 0 Å². The molecule has 2 aromatic carbocycles. The van der Waals surface area contributed by atoms with Gasteiger partial charge in [-0.15, -0.1) is 0 Å². The van der Waals surface area contributed by atoms with Crippen molar-refractivity contribution in [3.8, 4) is 11.4 Å². The van der Waals surface area contributed by atoms with Gasteiger partial charge in [0, 0.05) is 23.2 Å². The third-order valence-corrected chi connectivity index (χ3v) is 5.21. The smallest absolute Gasteiger partial charge is 0.432 e. The van der Waals surface area contributed by atoms with Crippen molar-refractivity contribution >= 4 is 17.5 Å². The number of aromatic amines is 1. The highest BCUT2D eigenvalue weighted by molar-refractivity contribution is 6.30. The Morgan fingerprint density at radius 2 is 1.90 bits per heavy atom. The molecule has 8 heteroatoms. The summed E-state index contributed by atoms with van der Waals surface area (Å²) in [5, 5.41) is 3.25. The number of amides is 1. The molecule has 0 unspecified atom stereocenters. The first-order valence-electron chi connectivity index (χ1n) is 9.36. The summed E-state index contributed by atoms with van der Waals surface area (Å²) in [6.07, 6.45) is 2.13. The first-order chi connectivity index (χ1) is 14.0. The molecule has 0 spiro atoms. The zero-order chi connectivity index (χ0) is 20.4. The van der Waals surface area contributed by atoms with E-state index in [1.165, 1.54) is 0 Å². The lowest BCUT2D eigenvalue weighted by atomic mass is 10.1. The number of nitrogens with one attached hydrogen (secondary N) is 1. The van der Waals surface area contributed by atoms with Crippen LogP contribution in [0.1, 0.15) is 24.1 Å². The Bertz CT molecular complexity index is 1050. The van der Waals surface area contributed by atoms with Gasteiger partial charge in [-0.3, -0.25) is 9.32 Å². The van der Waals surface area contributed by atoms with E-state index in [0.29, 0.717) is 22.2 Å². The van der Waals surface area contributed by atoms with Gasteiger partial charge in [0.2, 0.25) is 11.6 Å². The zero-order valence-electron chi connectivity index (χ0n) is 15.9. The van der Waals surface area contributed by atoms with Gasteiger partial charge in [0.1, 0.15) is 12.3 Å². The average molecular weight is 415 g/mol. The Morgan fingerprint density at radius 3 is 2.52 bits per heavy atom. The van der Waals surface area contributed by atoms with E-state index in [1.807, 2.05) is 24.3 Å². The highest BCUT2D eigenvalue weighted by atomic mass is 35.5. The number of methoxy groups -OCH3 is 1. The number of benzene rings is 2. The fourth-order valence-electron chi connectivity index (χ4n) is 3.21. The molecule has 7 nitrogen and oxygen atoms in total. The minimum absolute atomic E-state index is 0.0308. The number of ether oxygens (including phenoxy) is 1. The Balaban J connectivity index is 1.57. The maximum absolute atomic E-state index is 13.0. The van der Waals surface area contributed by atoms with Crippen LogP contribution in [-0.2, 0) is 17.8 Å². The molecule has 3 aromatic rings. The SMILES string of the molecule is COc1ccc(-[n+]2[nH]oc(=O)c2CN(C(=O)Cc2ccc(Cl)cc2)C2CC2)cc1. The van der Waals surface area contributed by atoms with Crippen molar-refractivity contribution in [3.63, 3.8) is 0 Å². The van der Waals surface area contributed by atoms with Crippen molar-refractivity contribution in [2.45, 2.75) is 31.8 Å². The molecule has 0 saturated heterocycles. The molecule has 1 fully saturated rings. The van der Waals surface area contributed by atoms with Crippen molar-refractivity contribution in [2.75, 3.05) is 7.11 Å². The number of rotatable bonds is 7. The summed E-state index contributed by atoms with van der Waals surface area (Å²) in [6, 6.07) is 14.6. The molecule has 0 atom stereocenters. The van der Waals surface area contributed by atoms with Crippen LogP contribution in [0.3, 0.4) is 0 Å². The standard InChI is InChI=1S/C21H20ClN3O4/c1-28-18-10-8-17(9-11-18)25-19(21(27)29-23-25)13-24(16-6-7-16)20(26)12-14-2-4-15(22)5-3-14/h2-5,8-11,16H,6-7,12-13H2,1H3/p+1. The molecule has 1 N–H and O–H groups in total. The molecule has 1 aromatic heterocycles. The van der Waals surface area contributed by atoms with Crippen LogP contribution in [0.2, 0.25) is 5.02 Å². The lowest BCUT2D eigenvalue weighted by Crippen LogP contribution is -2.44. The summed E-state index contributed by atoms with van der Waals surface area (Å²) in [7, 11) is 1.59. The average Bonchev–Trinajstić information content (AvgIpc) is 3.51. The predicted octanol–water partition coefficient (Wildman–Crippen LogP) is 2.64. The minimum atomic E-state index is -0.495. The second-order valence-electron chi connectivity index (χ2n) is 7.02. The van der Waals surface area contributed by atoms with Crippen LogP contribution in [0.15, 0.2) is 57.8 Å².